The second-order valence-electron chi connectivity index (χ2n) is 7.54. The number of ketones is 1. The number of hydrogen-bond donors (Lipinski definition) is 0. The number of carbonyl (C=O) groups is 1. The van der Waals surface area contributed by atoms with Gasteiger partial charge in [0.25, 0.3) is 5.56 Å². The summed E-state index contributed by atoms with van der Waals surface area (Å²) >= 11 is 0. The molecule has 8 heteroatoms. The molecule has 0 N–H and O–H groups in total. The van der Waals surface area contributed by atoms with Gasteiger partial charge in [0.05, 0.1) is 11.4 Å². The van der Waals surface area contributed by atoms with E-state index in [-0.39, 0.29) is 17.3 Å². The number of aryl methyl sites for hydroxylation is 1. The van der Waals surface area contributed by atoms with Gasteiger partial charge >= 0.3 is 0 Å². The van der Waals surface area contributed by atoms with Gasteiger partial charge in [-0.2, -0.15) is 0 Å². The first-order valence-corrected chi connectivity index (χ1v) is 9.84. The molecule has 7 nitrogen and oxygen atoms in total. The molecular weight excluding hydrogens is 385 g/mol. The van der Waals surface area contributed by atoms with Gasteiger partial charge in [-0.05, 0) is 43.5 Å². The number of nitrogens with zero attached hydrogens (tertiary/aromatic N) is 5. The second-order valence-corrected chi connectivity index (χ2v) is 7.54. The Kier molecular flexibility index (Phi) is 5.39. The molecule has 3 heterocycles. The van der Waals surface area contributed by atoms with Crippen molar-refractivity contribution in [3.63, 3.8) is 0 Å². The van der Waals surface area contributed by atoms with Crippen molar-refractivity contribution in [3.8, 4) is 11.4 Å². The van der Waals surface area contributed by atoms with E-state index in [1.807, 2.05) is 11.8 Å². The smallest absolute Gasteiger partial charge is 0.255 e. The lowest BCUT2D eigenvalue weighted by molar-refractivity contribution is 0.0905. The van der Waals surface area contributed by atoms with Crippen LogP contribution in [-0.2, 0) is 7.05 Å². The molecule has 0 saturated carbocycles. The zero-order valence-electron chi connectivity index (χ0n) is 16.9. The third-order valence-electron chi connectivity index (χ3n) is 5.50. The molecule has 1 fully saturated rings. The van der Waals surface area contributed by atoms with E-state index in [1.54, 1.807) is 25.4 Å². The number of carbonyl (C=O) groups excluding carboxylic acids is 1. The van der Waals surface area contributed by atoms with Gasteiger partial charge in [0.15, 0.2) is 5.78 Å². The van der Waals surface area contributed by atoms with E-state index in [2.05, 4.69) is 15.0 Å². The molecule has 0 amide bonds. The van der Waals surface area contributed by atoms with Gasteiger partial charge in [-0.25, -0.2) is 19.3 Å². The molecule has 2 aromatic heterocycles. The molecule has 0 aliphatic carbocycles. The number of Topliss-reactive ketones (excluding diaryl/α,β-unsaturated/α-hetero) is 1. The van der Waals surface area contributed by atoms with E-state index in [9.17, 15) is 14.0 Å². The summed E-state index contributed by atoms with van der Waals surface area (Å²) in [6, 6.07) is 7.42. The third-order valence-corrected chi connectivity index (χ3v) is 5.50. The van der Waals surface area contributed by atoms with Crippen molar-refractivity contribution in [2.24, 2.45) is 13.0 Å². The maximum atomic E-state index is 13.7. The predicted molar refractivity (Wildman–Crippen MR) is 111 cm³/mol. The van der Waals surface area contributed by atoms with E-state index in [0.717, 1.165) is 12.0 Å². The molecule has 30 heavy (non-hydrogen) atoms. The molecule has 1 unspecified atom stereocenters. The highest BCUT2D eigenvalue weighted by molar-refractivity contribution is 5.99. The van der Waals surface area contributed by atoms with E-state index in [0.29, 0.717) is 42.4 Å². The summed E-state index contributed by atoms with van der Waals surface area (Å²) in [6.45, 7) is 2.91. The van der Waals surface area contributed by atoms with Gasteiger partial charge in [-0.3, -0.25) is 14.2 Å². The highest BCUT2D eigenvalue weighted by Crippen LogP contribution is 2.26. The summed E-state index contributed by atoms with van der Waals surface area (Å²) in [5.41, 5.74) is 1.99. The van der Waals surface area contributed by atoms with Crippen LogP contribution in [-0.4, -0.2) is 38.4 Å². The molecule has 4 rings (SSSR count). The van der Waals surface area contributed by atoms with Crippen molar-refractivity contribution in [1.82, 2.24) is 19.5 Å². The number of rotatable bonds is 4. The first-order chi connectivity index (χ1) is 14.4. The molecule has 0 bridgehead atoms. The van der Waals surface area contributed by atoms with Crippen LogP contribution in [0.4, 0.5) is 10.3 Å². The van der Waals surface area contributed by atoms with Gasteiger partial charge in [0.1, 0.15) is 12.1 Å². The highest BCUT2D eigenvalue weighted by Gasteiger charge is 2.29. The fraction of sp³-hybridized carbons (Fsp3) is 0.318. The minimum absolute atomic E-state index is 0.0753. The molecule has 1 aliphatic rings. The molecule has 0 radical (unpaired) electrons. The van der Waals surface area contributed by atoms with Crippen LogP contribution < -0.4 is 10.5 Å². The third kappa shape index (κ3) is 3.85. The highest BCUT2D eigenvalue weighted by atomic mass is 19.1. The lowest BCUT2D eigenvalue weighted by atomic mass is 9.88. The Morgan fingerprint density at radius 3 is 2.80 bits per heavy atom. The largest absolute Gasteiger partial charge is 0.341 e. The number of benzene rings is 1. The topological polar surface area (TPSA) is 81.0 Å². The minimum atomic E-state index is -0.418. The molecule has 0 spiro atoms. The van der Waals surface area contributed by atoms with E-state index in [1.165, 1.54) is 29.1 Å². The molecule has 1 saturated heterocycles. The fourth-order valence-electron chi connectivity index (χ4n) is 3.84. The van der Waals surface area contributed by atoms with E-state index < -0.39 is 5.82 Å². The average molecular weight is 407 g/mol. The minimum Gasteiger partial charge on any atom is -0.341 e. The van der Waals surface area contributed by atoms with Crippen molar-refractivity contribution in [2.45, 2.75) is 19.8 Å². The summed E-state index contributed by atoms with van der Waals surface area (Å²) in [7, 11) is 1.66. The fourth-order valence-corrected chi connectivity index (χ4v) is 3.84. The van der Waals surface area contributed by atoms with Crippen LogP contribution in [0.25, 0.3) is 11.4 Å². The summed E-state index contributed by atoms with van der Waals surface area (Å²) < 4.78 is 15.2. The van der Waals surface area contributed by atoms with E-state index in [4.69, 9.17) is 0 Å². The van der Waals surface area contributed by atoms with Gasteiger partial charge in [0.2, 0.25) is 5.95 Å². The number of anilines is 1. The first kappa shape index (κ1) is 19.9. The lowest BCUT2D eigenvalue weighted by Crippen LogP contribution is -2.42. The summed E-state index contributed by atoms with van der Waals surface area (Å²) in [5, 5.41) is 0. The normalized spacial score (nSPS) is 16.5. The Morgan fingerprint density at radius 1 is 1.20 bits per heavy atom. The van der Waals surface area contributed by atoms with Crippen molar-refractivity contribution < 1.29 is 9.18 Å². The van der Waals surface area contributed by atoms with E-state index >= 15 is 0 Å². The summed E-state index contributed by atoms with van der Waals surface area (Å²) in [6.07, 6.45) is 4.49. The standard InChI is InChI=1S/C22H22FN5O2/c1-14-5-6-16(23)10-17(14)21(30)15-4-3-9-28(12-15)22-26-19(11-20(29)27(22)2)18-7-8-24-13-25-18/h5-8,10-11,13,15H,3-4,9,12H2,1-2H3. The average Bonchev–Trinajstić information content (AvgIpc) is 2.77. The quantitative estimate of drug-likeness (QED) is 0.619. The Hall–Kier alpha value is -3.42. The van der Waals surface area contributed by atoms with Gasteiger partial charge in [0, 0.05) is 43.9 Å². The Bertz CT molecular complexity index is 1150. The molecular formula is C22H22FN5O2. The monoisotopic (exact) mass is 407 g/mol. The maximum Gasteiger partial charge on any atom is 0.255 e. The Labute approximate surface area is 173 Å². The number of piperidine rings is 1. The van der Waals surface area contributed by atoms with Crippen LogP contribution in [0, 0.1) is 18.7 Å². The Balaban J connectivity index is 1.65. The van der Waals surface area contributed by atoms with Gasteiger partial charge < -0.3 is 4.90 Å². The van der Waals surface area contributed by atoms with Crippen LogP contribution >= 0.6 is 0 Å². The number of aromatic nitrogens is 4. The molecule has 1 atom stereocenters. The summed E-state index contributed by atoms with van der Waals surface area (Å²) in [5.74, 6) is -0.296. The number of hydrogen-bond acceptors (Lipinski definition) is 6. The zero-order chi connectivity index (χ0) is 21.3. The SMILES string of the molecule is Cc1ccc(F)cc1C(=O)C1CCCN(c2nc(-c3ccncn3)cc(=O)n2C)C1. The second kappa shape index (κ2) is 8.14. The maximum absolute atomic E-state index is 13.7. The van der Waals surface area contributed by atoms with Crippen LogP contribution in [0.1, 0.15) is 28.8 Å². The molecule has 154 valence electrons. The first-order valence-electron chi connectivity index (χ1n) is 9.84. The van der Waals surface area contributed by atoms with Crippen molar-refractivity contribution >= 4 is 11.7 Å². The van der Waals surface area contributed by atoms with Gasteiger partial charge in [-0.15, -0.1) is 0 Å². The van der Waals surface area contributed by atoms with Crippen molar-refractivity contribution in [1.29, 1.82) is 0 Å². The molecule has 3 aromatic rings. The van der Waals surface area contributed by atoms with Crippen LogP contribution in [0.5, 0.6) is 0 Å². The Morgan fingerprint density at radius 2 is 2.03 bits per heavy atom. The zero-order valence-corrected chi connectivity index (χ0v) is 16.9. The summed E-state index contributed by atoms with van der Waals surface area (Å²) in [4.78, 5) is 40.3. The van der Waals surface area contributed by atoms with Gasteiger partial charge in [-0.1, -0.05) is 6.07 Å². The van der Waals surface area contributed by atoms with Crippen LogP contribution in [0.2, 0.25) is 0 Å². The van der Waals surface area contributed by atoms with Crippen molar-refractivity contribution in [3.05, 3.63) is 70.2 Å². The van der Waals surface area contributed by atoms with Crippen molar-refractivity contribution in [2.75, 3.05) is 18.0 Å². The number of halogens is 1. The molecule has 1 aliphatic heterocycles. The molecule has 1 aromatic carbocycles. The van der Waals surface area contributed by atoms with Crippen LogP contribution in [0.3, 0.4) is 0 Å². The lowest BCUT2D eigenvalue weighted by Gasteiger charge is -2.33. The van der Waals surface area contributed by atoms with Crippen LogP contribution in [0.15, 0.2) is 47.7 Å². The predicted octanol–water partition coefficient (Wildman–Crippen LogP) is 2.78.